The summed E-state index contributed by atoms with van der Waals surface area (Å²) < 4.78 is 5.46. The SMILES string of the molecule is O=C(CCN1CCC(c2ccc3[nH]ccc3c2)C1)c1ccc2cc3occc(=O)c3cc2c1. The second-order valence-electron chi connectivity index (χ2n) is 8.98. The van der Waals surface area contributed by atoms with E-state index in [0.717, 1.165) is 36.8 Å². The summed E-state index contributed by atoms with van der Waals surface area (Å²) in [5.74, 6) is 0.648. The van der Waals surface area contributed by atoms with E-state index in [9.17, 15) is 9.59 Å². The van der Waals surface area contributed by atoms with Crippen molar-refractivity contribution in [1.82, 2.24) is 9.88 Å². The summed E-state index contributed by atoms with van der Waals surface area (Å²) in [6.45, 7) is 2.77. The smallest absolute Gasteiger partial charge is 0.192 e. The number of nitrogens with zero attached hydrogens (tertiary/aromatic N) is 1. The quantitative estimate of drug-likeness (QED) is 0.292. The molecule has 3 aromatic carbocycles. The molecule has 0 bridgehead atoms. The van der Waals surface area contributed by atoms with E-state index in [1.807, 2.05) is 36.5 Å². The Morgan fingerprint density at radius 2 is 1.94 bits per heavy atom. The zero-order valence-electron chi connectivity index (χ0n) is 18.2. The molecule has 2 aromatic heterocycles. The summed E-state index contributed by atoms with van der Waals surface area (Å²) in [5.41, 5.74) is 3.73. The molecule has 0 amide bonds. The van der Waals surface area contributed by atoms with Crippen LogP contribution >= 0.6 is 0 Å². The second kappa shape index (κ2) is 8.01. The van der Waals surface area contributed by atoms with Gasteiger partial charge in [-0.3, -0.25) is 9.59 Å². The number of likely N-dealkylation sites (tertiary alicyclic amines) is 1. The molecule has 1 saturated heterocycles. The van der Waals surface area contributed by atoms with Crippen LogP contribution in [-0.2, 0) is 0 Å². The molecule has 5 heteroatoms. The van der Waals surface area contributed by atoms with Crippen molar-refractivity contribution in [3.05, 3.63) is 94.5 Å². The standard InChI is InChI=1S/C28H24N2O3/c31-26(21-2-1-19-16-28-24(15-23(19)14-21)27(32)8-12-33-28)7-11-30-10-6-22(17-30)18-3-4-25-20(13-18)5-9-29-25/h1-5,8-9,12-16,22,29H,6-7,10-11,17H2. The second-order valence-corrected chi connectivity index (χ2v) is 8.98. The fraction of sp³-hybridized carbons (Fsp3) is 0.214. The summed E-state index contributed by atoms with van der Waals surface area (Å²) in [4.78, 5) is 30.7. The van der Waals surface area contributed by atoms with Gasteiger partial charge in [-0.25, -0.2) is 0 Å². The van der Waals surface area contributed by atoms with Crippen LogP contribution in [-0.4, -0.2) is 35.3 Å². The van der Waals surface area contributed by atoms with Crippen molar-refractivity contribution in [2.24, 2.45) is 0 Å². The number of fused-ring (bicyclic) bond motifs is 3. The fourth-order valence-corrected chi connectivity index (χ4v) is 5.04. The highest BCUT2D eigenvalue weighted by atomic mass is 16.3. The lowest BCUT2D eigenvalue weighted by Crippen LogP contribution is -2.23. The van der Waals surface area contributed by atoms with E-state index in [1.54, 1.807) is 0 Å². The summed E-state index contributed by atoms with van der Waals surface area (Å²) in [6, 6.07) is 19.6. The number of H-pyrrole nitrogens is 1. The van der Waals surface area contributed by atoms with Crippen LogP contribution in [0.25, 0.3) is 32.6 Å². The molecule has 1 aliphatic heterocycles. The van der Waals surface area contributed by atoms with E-state index in [2.05, 4.69) is 34.1 Å². The minimum absolute atomic E-state index is 0.0749. The van der Waals surface area contributed by atoms with E-state index in [4.69, 9.17) is 4.42 Å². The Hall–Kier alpha value is -3.70. The van der Waals surface area contributed by atoms with Gasteiger partial charge >= 0.3 is 0 Å². The third-order valence-corrected chi connectivity index (χ3v) is 6.92. The predicted molar refractivity (Wildman–Crippen MR) is 131 cm³/mol. The average molecular weight is 437 g/mol. The first-order chi connectivity index (χ1) is 16.1. The minimum atomic E-state index is -0.0749. The average Bonchev–Trinajstić information content (AvgIpc) is 3.50. The molecule has 3 heterocycles. The van der Waals surface area contributed by atoms with Crippen molar-refractivity contribution in [3.63, 3.8) is 0 Å². The monoisotopic (exact) mass is 436 g/mol. The Labute approximate surface area is 190 Å². The van der Waals surface area contributed by atoms with Gasteiger partial charge in [0.05, 0.1) is 11.6 Å². The van der Waals surface area contributed by atoms with Crippen molar-refractivity contribution < 1.29 is 9.21 Å². The Morgan fingerprint density at radius 1 is 1.00 bits per heavy atom. The molecular weight excluding hydrogens is 412 g/mol. The van der Waals surface area contributed by atoms with Crippen LogP contribution < -0.4 is 5.43 Å². The van der Waals surface area contributed by atoms with Gasteiger partial charge < -0.3 is 14.3 Å². The van der Waals surface area contributed by atoms with Gasteiger partial charge in [0, 0.05) is 42.9 Å². The van der Waals surface area contributed by atoms with Gasteiger partial charge in [0.25, 0.3) is 0 Å². The van der Waals surface area contributed by atoms with Crippen molar-refractivity contribution >= 4 is 38.4 Å². The molecule has 1 N–H and O–H groups in total. The zero-order chi connectivity index (χ0) is 22.4. The van der Waals surface area contributed by atoms with Crippen molar-refractivity contribution in [3.8, 4) is 0 Å². The lowest BCUT2D eigenvalue weighted by atomic mass is 9.97. The van der Waals surface area contributed by atoms with Crippen molar-refractivity contribution in [2.45, 2.75) is 18.8 Å². The predicted octanol–water partition coefficient (Wildman–Crippen LogP) is 5.49. The lowest BCUT2D eigenvalue weighted by molar-refractivity contribution is 0.0969. The number of carbonyl (C=O) groups is 1. The molecule has 164 valence electrons. The van der Waals surface area contributed by atoms with Crippen LogP contribution in [0.5, 0.6) is 0 Å². The molecule has 1 unspecified atom stereocenters. The number of hydrogen-bond donors (Lipinski definition) is 1. The Kier molecular flexibility index (Phi) is 4.84. The Bertz CT molecular complexity index is 1560. The van der Waals surface area contributed by atoms with E-state index >= 15 is 0 Å². The number of hydrogen-bond acceptors (Lipinski definition) is 4. The van der Waals surface area contributed by atoms with Crippen LogP contribution in [0, 0.1) is 0 Å². The Balaban J connectivity index is 1.14. The molecule has 1 fully saturated rings. The van der Waals surface area contributed by atoms with Crippen LogP contribution in [0.15, 0.2) is 82.3 Å². The maximum atomic E-state index is 12.9. The molecule has 6 rings (SSSR count). The molecule has 0 spiro atoms. The summed E-state index contributed by atoms with van der Waals surface area (Å²) >= 11 is 0. The van der Waals surface area contributed by atoms with Gasteiger partial charge in [0.15, 0.2) is 11.2 Å². The molecule has 1 aliphatic rings. The third kappa shape index (κ3) is 3.74. The fourth-order valence-electron chi connectivity index (χ4n) is 5.04. The molecule has 0 saturated carbocycles. The molecule has 5 aromatic rings. The lowest BCUT2D eigenvalue weighted by Gasteiger charge is -2.16. The topological polar surface area (TPSA) is 66.3 Å². The highest BCUT2D eigenvalue weighted by Gasteiger charge is 2.24. The summed E-state index contributed by atoms with van der Waals surface area (Å²) in [5, 5.41) is 3.63. The van der Waals surface area contributed by atoms with E-state index in [1.165, 1.54) is 28.8 Å². The number of benzene rings is 3. The minimum Gasteiger partial charge on any atom is -0.464 e. The van der Waals surface area contributed by atoms with Crippen LogP contribution in [0.3, 0.4) is 0 Å². The van der Waals surface area contributed by atoms with Gasteiger partial charge in [-0.2, -0.15) is 0 Å². The van der Waals surface area contributed by atoms with Crippen molar-refractivity contribution in [2.75, 3.05) is 19.6 Å². The first kappa shape index (κ1) is 19.9. The third-order valence-electron chi connectivity index (χ3n) is 6.92. The maximum absolute atomic E-state index is 12.9. The van der Waals surface area contributed by atoms with Gasteiger partial charge in [0.1, 0.15) is 5.58 Å². The van der Waals surface area contributed by atoms with E-state index in [-0.39, 0.29) is 11.2 Å². The summed E-state index contributed by atoms with van der Waals surface area (Å²) in [7, 11) is 0. The normalized spacial score (nSPS) is 16.8. The summed E-state index contributed by atoms with van der Waals surface area (Å²) in [6.07, 6.45) is 5.00. The van der Waals surface area contributed by atoms with E-state index < -0.39 is 0 Å². The number of ketones is 1. The number of aromatic nitrogens is 1. The van der Waals surface area contributed by atoms with Crippen LogP contribution in [0.1, 0.15) is 34.7 Å². The number of Topliss-reactive ketones (excluding diaryl/α,β-unsaturated/α-hetero) is 1. The number of rotatable bonds is 5. The molecular formula is C28H24N2O3. The van der Waals surface area contributed by atoms with E-state index in [0.29, 0.717) is 28.9 Å². The van der Waals surface area contributed by atoms with Gasteiger partial charge in [0.2, 0.25) is 0 Å². The molecule has 1 atom stereocenters. The van der Waals surface area contributed by atoms with Gasteiger partial charge in [-0.15, -0.1) is 0 Å². The zero-order valence-corrected chi connectivity index (χ0v) is 18.2. The first-order valence-electron chi connectivity index (χ1n) is 11.4. The molecule has 0 aliphatic carbocycles. The molecule has 5 nitrogen and oxygen atoms in total. The maximum Gasteiger partial charge on any atom is 0.192 e. The first-order valence-corrected chi connectivity index (χ1v) is 11.4. The largest absolute Gasteiger partial charge is 0.464 e. The number of nitrogens with one attached hydrogen (secondary N) is 1. The van der Waals surface area contributed by atoms with Crippen molar-refractivity contribution in [1.29, 1.82) is 0 Å². The number of carbonyl (C=O) groups excluding carboxylic acids is 1. The van der Waals surface area contributed by atoms with Crippen LogP contribution in [0.2, 0.25) is 0 Å². The highest BCUT2D eigenvalue weighted by Crippen LogP contribution is 2.29. The highest BCUT2D eigenvalue weighted by molar-refractivity contribution is 6.02. The van der Waals surface area contributed by atoms with Gasteiger partial charge in [-0.1, -0.05) is 18.2 Å². The van der Waals surface area contributed by atoms with Gasteiger partial charge in [-0.05, 0) is 77.0 Å². The van der Waals surface area contributed by atoms with Crippen LogP contribution in [0.4, 0.5) is 0 Å². The molecule has 33 heavy (non-hydrogen) atoms. The molecule has 0 radical (unpaired) electrons. The Morgan fingerprint density at radius 3 is 2.88 bits per heavy atom. The number of aromatic amines is 1.